The van der Waals surface area contributed by atoms with Crippen molar-refractivity contribution in [2.24, 2.45) is 0 Å². The van der Waals surface area contributed by atoms with Gasteiger partial charge in [0.25, 0.3) is 5.91 Å². The first-order valence-electron chi connectivity index (χ1n) is 11.4. The maximum Gasteiger partial charge on any atom is 0.261 e. The summed E-state index contributed by atoms with van der Waals surface area (Å²) >= 11 is 2.22. The lowest BCUT2D eigenvalue weighted by Crippen LogP contribution is -2.52. The van der Waals surface area contributed by atoms with E-state index in [1.165, 1.54) is 0 Å². The van der Waals surface area contributed by atoms with E-state index in [4.69, 9.17) is 4.74 Å². The zero-order valence-electron chi connectivity index (χ0n) is 19.8. The van der Waals surface area contributed by atoms with Crippen LogP contribution in [0.5, 0.6) is 5.75 Å². The summed E-state index contributed by atoms with van der Waals surface area (Å²) in [5.74, 6) is 0.215. The third-order valence-electron chi connectivity index (χ3n) is 5.48. The molecule has 3 aromatic rings. The Morgan fingerprint density at radius 1 is 0.941 bits per heavy atom. The molecule has 0 aliphatic rings. The maximum absolute atomic E-state index is 13.5. The minimum atomic E-state index is -0.669. The highest BCUT2D eigenvalue weighted by Crippen LogP contribution is 2.18. The van der Waals surface area contributed by atoms with Gasteiger partial charge in [0.15, 0.2) is 6.61 Å². The predicted molar refractivity (Wildman–Crippen MR) is 144 cm³/mol. The molecule has 0 unspecified atom stereocenters. The molecule has 0 heterocycles. The molecule has 1 atom stereocenters. The second-order valence-corrected chi connectivity index (χ2v) is 9.81. The summed E-state index contributed by atoms with van der Waals surface area (Å²) in [6, 6.07) is 24.6. The molecule has 0 aliphatic carbocycles. The molecule has 3 rings (SSSR count). The number of benzene rings is 3. The fourth-order valence-electron chi connectivity index (χ4n) is 3.66. The number of amides is 2. The lowest BCUT2D eigenvalue weighted by Gasteiger charge is -2.32. The zero-order chi connectivity index (χ0) is 24.5. The number of hydrogen-bond donors (Lipinski definition) is 1. The summed E-state index contributed by atoms with van der Waals surface area (Å²) in [7, 11) is 0. The first kappa shape index (κ1) is 25.7. The number of aryl methyl sites for hydroxylation is 1. The van der Waals surface area contributed by atoms with Crippen LogP contribution in [0.1, 0.15) is 30.5 Å². The quantitative estimate of drug-likeness (QED) is 0.344. The van der Waals surface area contributed by atoms with Gasteiger partial charge in [-0.25, -0.2) is 0 Å². The van der Waals surface area contributed by atoms with Crippen LogP contribution in [-0.2, 0) is 22.6 Å². The largest absolute Gasteiger partial charge is 0.484 e. The summed E-state index contributed by atoms with van der Waals surface area (Å²) < 4.78 is 6.90. The summed E-state index contributed by atoms with van der Waals surface area (Å²) in [5.41, 5.74) is 3.06. The van der Waals surface area contributed by atoms with Crippen LogP contribution in [0.3, 0.4) is 0 Å². The van der Waals surface area contributed by atoms with Crippen LogP contribution in [0, 0.1) is 10.5 Å². The van der Waals surface area contributed by atoms with Crippen LogP contribution >= 0.6 is 22.6 Å². The first-order chi connectivity index (χ1) is 16.3. The number of nitrogens with one attached hydrogen (secondary N) is 1. The molecule has 1 N–H and O–H groups in total. The van der Waals surface area contributed by atoms with E-state index in [1.807, 2.05) is 99.6 Å². The van der Waals surface area contributed by atoms with Crippen LogP contribution in [-0.4, -0.2) is 35.4 Å². The molecule has 5 nitrogen and oxygen atoms in total. The van der Waals surface area contributed by atoms with Crippen molar-refractivity contribution in [3.8, 4) is 5.75 Å². The Hall–Kier alpha value is -2.87. The van der Waals surface area contributed by atoms with Gasteiger partial charge in [-0.1, -0.05) is 54.6 Å². The van der Waals surface area contributed by atoms with Crippen molar-refractivity contribution >= 4 is 34.4 Å². The van der Waals surface area contributed by atoms with E-state index in [0.717, 1.165) is 20.3 Å². The van der Waals surface area contributed by atoms with E-state index in [0.29, 0.717) is 18.7 Å². The third kappa shape index (κ3) is 7.58. The Morgan fingerprint density at radius 3 is 2.24 bits per heavy atom. The van der Waals surface area contributed by atoms with Crippen molar-refractivity contribution in [2.45, 2.75) is 45.8 Å². The minimum Gasteiger partial charge on any atom is -0.484 e. The summed E-state index contributed by atoms with van der Waals surface area (Å²) in [5, 5.41) is 3.00. The smallest absolute Gasteiger partial charge is 0.261 e. The molecule has 3 aromatic carbocycles. The Bertz CT molecular complexity index is 1080. The van der Waals surface area contributed by atoms with E-state index < -0.39 is 6.04 Å². The highest BCUT2D eigenvalue weighted by atomic mass is 127. The van der Waals surface area contributed by atoms with E-state index in [-0.39, 0.29) is 24.5 Å². The number of hydrogen-bond acceptors (Lipinski definition) is 3. The highest BCUT2D eigenvalue weighted by Gasteiger charge is 2.31. The second kappa shape index (κ2) is 12.6. The van der Waals surface area contributed by atoms with Crippen molar-refractivity contribution in [1.82, 2.24) is 10.2 Å². The van der Waals surface area contributed by atoms with Gasteiger partial charge >= 0.3 is 0 Å². The van der Waals surface area contributed by atoms with Gasteiger partial charge in [0.05, 0.1) is 0 Å². The Kier molecular flexibility index (Phi) is 9.51. The van der Waals surface area contributed by atoms with Gasteiger partial charge in [0.2, 0.25) is 5.91 Å². The molecule has 0 aliphatic heterocycles. The van der Waals surface area contributed by atoms with Crippen molar-refractivity contribution in [2.75, 3.05) is 6.61 Å². The molecule has 0 saturated carbocycles. The number of carbonyl (C=O) groups is 2. The molecular weight excluding hydrogens is 539 g/mol. The molecule has 0 bridgehead atoms. The highest BCUT2D eigenvalue weighted by molar-refractivity contribution is 14.1. The van der Waals surface area contributed by atoms with Gasteiger partial charge in [0, 0.05) is 22.6 Å². The Morgan fingerprint density at radius 2 is 1.59 bits per heavy atom. The second-order valence-electron chi connectivity index (χ2n) is 8.56. The van der Waals surface area contributed by atoms with Gasteiger partial charge < -0.3 is 15.0 Å². The lowest BCUT2D eigenvalue weighted by atomic mass is 10.0. The van der Waals surface area contributed by atoms with Gasteiger partial charge in [0.1, 0.15) is 11.8 Å². The lowest BCUT2D eigenvalue weighted by molar-refractivity contribution is -0.143. The molecule has 0 spiro atoms. The molecule has 2 amide bonds. The molecule has 0 fully saturated rings. The third-order valence-corrected chi connectivity index (χ3v) is 6.20. The molecule has 0 aromatic heterocycles. The first-order valence-corrected chi connectivity index (χ1v) is 12.5. The maximum atomic E-state index is 13.5. The Labute approximate surface area is 215 Å². The van der Waals surface area contributed by atoms with E-state index in [2.05, 4.69) is 27.9 Å². The van der Waals surface area contributed by atoms with Crippen LogP contribution in [0.4, 0.5) is 0 Å². The van der Waals surface area contributed by atoms with Crippen molar-refractivity contribution in [3.63, 3.8) is 0 Å². The summed E-state index contributed by atoms with van der Waals surface area (Å²) in [6.45, 7) is 6.04. The van der Waals surface area contributed by atoms with Gasteiger partial charge in [-0.05, 0) is 84.3 Å². The monoisotopic (exact) mass is 570 g/mol. The van der Waals surface area contributed by atoms with Crippen molar-refractivity contribution in [3.05, 3.63) is 99.1 Å². The average Bonchev–Trinajstić information content (AvgIpc) is 2.82. The number of ether oxygens (including phenoxy) is 1. The minimum absolute atomic E-state index is 0.0378. The van der Waals surface area contributed by atoms with Crippen LogP contribution in [0.2, 0.25) is 0 Å². The molecular formula is C28H31IN2O3. The molecule has 34 heavy (non-hydrogen) atoms. The number of nitrogens with zero attached hydrogens (tertiary/aromatic N) is 1. The van der Waals surface area contributed by atoms with Crippen LogP contribution in [0.15, 0.2) is 78.9 Å². The van der Waals surface area contributed by atoms with Crippen LogP contribution < -0.4 is 10.1 Å². The summed E-state index contributed by atoms with van der Waals surface area (Å²) in [4.78, 5) is 28.5. The average molecular weight is 570 g/mol. The van der Waals surface area contributed by atoms with Crippen LogP contribution in [0.25, 0.3) is 0 Å². The summed E-state index contributed by atoms with van der Waals surface area (Å²) in [6.07, 6.45) is 0.417. The van der Waals surface area contributed by atoms with Gasteiger partial charge in [-0.3, -0.25) is 9.59 Å². The van der Waals surface area contributed by atoms with Crippen molar-refractivity contribution < 1.29 is 14.3 Å². The number of halogens is 1. The zero-order valence-corrected chi connectivity index (χ0v) is 22.0. The van der Waals surface area contributed by atoms with Gasteiger partial charge in [-0.15, -0.1) is 0 Å². The fourth-order valence-corrected chi connectivity index (χ4v) is 4.02. The SMILES string of the molecule is Cc1ccccc1CN(C(=O)COc1ccc(I)cc1)[C@H](Cc1ccccc1)C(=O)NC(C)C. The van der Waals surface area contributed by atoms with Gasteiger partial charge in [-0.2, -0.15) is 0 Å². The van der Waals surface area contributed by atoms with E-state index in [1.54, 1.807) is 4.90 Å². The molecule has 0 saturated heterocycles. The van der Waals surface area contributed by atoms with Crippen molar-refractivity contribution in [1.29, 1.82) is 0 Å². The topological polar surface area (TPSA) is 58.6 Å². The standard InChI is InChI=1S/C28H31IN2O3/c1-20(2)30-28(33)26(17-22-10-5-4-6-11-22)31(18-23-12-8-7-9-21(23)3)27(32)19-34-25-15-13-24(29)14-16-25/h4-16,20,26H,17-19H2,1-3H3,(H,30,33)/t26-/m1/s1. The molecule has 6 heteroatoms. The molecule has 178 valence electrons. The number of carbonyl (C=O) groups excluding carboxylic acids is 2. The Balaban J connectivity index is 1.91. The van der Waals surface area contributed by atoms with E-state index in [9.17, 15) is 9.59 Å². The fraction of sp³-hybridized carbons (Fsp3) is 0.286. The van der Waals surface area contributed by atoms with E-state index >= 15 is 0 Å². The predicted octanol–water partition coefficient (Wildman–Crippen LogP) is 5.14. The number of rotatable bonds is 10. The normalized spacial score (nSPS) is 11.7. The molecule has 0 radical (unpaired) electrons.